The Bertz CT molecular complexity index is 940. The number of halogens is 4. The molecule has 2 aromatic carbocycles. The summed E-state index contributed by atoms with van der Waals surface area (Å²) in [5.74, 6) is 0.258. The number of carbonyl (C=O) groups is 1. The van der Waals surface area contributed by atoms with E-state index in [9.17, 15) is 18.0 Å². The summed E-state index contributed by atoms with van der Waals surface area (Å²) < 4.78 is 40.7. The molecule has 0 aliphatic carbocycles. The number of alkyl halides is 3. The molecule has 1 amide bonds. The molecule has 4 nitrogen and oxygen atoms in total. The largest absolute Gasteiger partial charge is 0.407 e. The molecule has 0 bridgehead atoms. The summed E-state index contributed by atoms with van der Waals surface area (Å²) in [5, 5.41) is 3.23. The van der Waals surface area contributed by atoms with Crippen LogP contribution in [0.25, 0.3) is 0 Å². The van der Waals surface area contributed by atoms with E-state index >= 15 is 0 Å². The van der Waals surface area contributed by atoms with Gasteiger partial charge in [0.25, 0.3) is 5.91 Å². The second kappa shape index (κ2) is 8.82. The number of benzene rings is 2. The molecule has 0 atom stereocenters. The highest BCUT2D eigenvalue weighted by molar-refractivity contribution is 9.10. The minimum Gasteiger partial charge on any atom is -0.339 e. The van der Waals surface area contributed by atoms with Gasteiger partial charge in [-0.1, -0.05) is 28.1 Å². The van der Waals surface area contributed by atoms with Crippen molar-refractivity contribution in [2.24, 2.45) is 5.92 Å². The Morgan fingerprint density at radius 1 is 1.10 bits per heavy atom. The fraction of sp³-hybridized carbons (Fsp3) is 0.435. The molecule has 166 valence electrons. The monoisotopic (exact) mass is 495 g/mol. The SMILES string of the molecule is Cc1cccc2c1CN(CC1CCN(C(=O)c3ccc(Br)cc3)CC1)N2CC(F)(F)F. The van der Waals surface area contributed by atoms with Gasteiger partial charge in [0.15, 0.2) is 0 Å². The predicted molar refractivity (Wildman–Crippen MR) is 118 cm³/mol. The van der Waals surface area contributed by atoms with Crippen LogP contribution in [0.2, 0.25) is 0 Å². The Labute approximate surface area is 188 Å². The number of carbonyl (C=O) groups excluding carboxylic acids is 1. The van der Waals surface area contributed by atoms with Crippen molar-refractivity contribution in [2.75, 3.05) is 31.2 Å². The smallest absolute Gasteiger partial charge is 0.339 e. The first kappa shape index (κ1) is 22.1. The molecule has 2 aliphatic heterocycles. The Morgan fingerprint density at radius 3 is 2.42 bits per heavy atom. The number of amides is 1. The van der Waals surface area contributed by atoms with Gasteiger partial charge in [-0.15, -0.1) is 0 Å². The van der Waals surface area contributed by atoms with E-state index in [0.717, 1.165) is 28.4 Å². The van der Waals surface area contributed by atoms with Crippen LogP contribution in [0.3, 0.4) is 0 Å². The van der Waals surface area contributed by atoms with E-state index < -0.39 is 12.7 Å². The van der Waals surface area contributed by atoms with Crippen molar-refractivity contribution in [1.29, 1.82) is 0 Å². The van der Waals surface area contributed by atoms with E-state index in [-0.39, 0.29) is 11.8 Å². The first-order chi connectivity index (χ1) is 14.7. The third kappa shape index (κ3) is 5.06. The number of hydrogen-bond donors (Lipinski definition) is 0. The van der Waals surface area contributed by atoms with Gasteiger partial charge in [-0.25, -0.2) is 5.01 Å². The van der Waals surface area contributed by atoms with E-state index in [1.165, 1.54) is 5.01 Å². The van der Waals surface area contributed by atoms with Crippen LogP contribution in [0.5, 0.6) is 0 Å². The fourth-order valence-corrected chi connectivity index (χ4v) is 4.73. The predicted octanol–water partition coefficient (Wildman–Crippen LogP) is 5.41. The zero-order chi connectivity index (χ0) is 22.2. The highest BCUT2D eigenvalue weighted by Crippen LogP contribution is 2.37. The van der Waals surface area contributed by atoms with Crippen molar-refractivity contribution in [2.45, 2.75) is 32.5 Å². The maximum Gasteiger partial charge on any atom is 0.407 e. The van der Waals surface area contributed by atoms with Crippen LogP contribution in [0.15, 0.2) is 46.9 Å². The lowest BCUT2D eigenvalue weighted by atomic mass is 9.96. The molecule has 0 N–H and O–H groups in total. The lowest BCUT2D eigenvalue weighted by Gasteiger charge is -2.37. The van der Waals surface area contributed by atoms with Crippen molar-refractivity contribution in [3.8, 4) is 0 Å². The molecule has 2 aliphatic rings. The molecule has 0 spiro atoms. The molecule has 2 heterocycles. The molecule has 1 saturated heterocycles. The summed E-state index contributed by atoms with van der Waals surface area (Å²) in [7, 11) is 0. The van der Waals surface area contributed by atoms with Gasteiger partial charge in [0, 0.05) is 36.2 Å². The quantitative estimate of drug-likeness (QED) is 0.567. The first-order valence-electron chi connectivity index (χ1n) is 10.4. The number of anilines is 1. The van der Waals surface area contributed by atoms with Crippen molar-refractivity contribution < 1.29 is 18.0 Å². The Hall–Kier alpha value is -2.06. The first-order valence-corrected chi connectivity index (χ1v) is 11.2. The highest BCUT2D eigenvalue weighted by Gasteiger charge is 2.39. The number of aryl methyl sites for hydroxylation is 1. The van der Waals surface area contributed by atoms with E-state index in [1.54, 1.807) is 18.2 Å². The molecule has 31 heavy (non-hydrogen) atoms. The van der Waals surface area contributed by atoms with Crippen molar-refractivity contribution in [3.05, 3.63) is 63.6 Å². The van der Waals surface area contributed by atoms with Crippen molar-refractivity contribution in [1.82, 2.24) is 9.91 Å². The summed E-state index contributed by atoms with van der Waals surface area (Å²) in [6.45, 7) is 3.27. The van der Waals surface area contributed by atoms with Crippen LogP contribution in [-0.2, 0) is 6.54 Å². The Kier molecular flexibility index (Phi) is 6.30. The number of hydrazine groups is 1. The van der Waals surface area contributed by atoms with E-state index in [4.69, 9.17) is 0 Å². The average Bonchev–Trinajstić information content (AvgIpc) is 3.06. The minimum atomic E-state index is -4.27. The van der Waals surface area contributed by atoms with Crippen LogP contribution >= 0.6 is 15.9 Å². The third-order valence-corrected chi connectivity index (χ3v) is 6.67. The fourth-order valence-electron chi connectivity index (χ4n) is 4.46. The maximum atomic E-state index is 13.3. The summed E-state index contributed by atoms with van der Waals surface area (Å²) in [5.41, 5.74) is 3.29. The van der Waals surface area contributed by atoms with Gasteiger partial charge in [-0.05, 0) is 67.1 Å². The lowest BCUT2D eigenvalue weighted by molar-refractivity contribution is -0.125. The normalized spacial score (nSPS) is 17.8. The number of likely N-dealkylation sites (tertiary alicyclic amines) is 1. The average molecular weight is 496 g/mol. The van der Waals surface area contributed by atoms with Crippen molar-refractivity contribution in [3.63, 3.8) is 0 Å². The van der Waals surface area contributed by atoms with Crippen LogP contribution in [-0.4, -0.2) is 48.2 Å². The highest BCUT2D eigenvalue weighted by atomic mass is 79.9. The number of piperidine rings is 1. The van der Waals surface area contributed by atoms with Crippen LogP contribution in [0.4, 0.5) is 18.9 Å². The van der Waals surface area contributed by atoms with Gasteiger partial charge in [-0.2, -0.15) is 13.2 Å². The summed E-state index contributed by atoms with van der Waals surface area (Å²) in [6.07, 6.45) is -2.70. The molecule has 0 unspecified atom stereocenters. The number of fused-ring (bicyclic) bond motifs is 1. The summed E-state index contributed by atoms with van der Waals surface area (Å²) in [6, 6.07) is 12.8. The molecule has 2 aromatic rings. The number of hydrogen-bond acceptors (Lipinski definition) is 3. The van der Waals surface area contributed by atoms with Crippen LogP contribution < -0.4 is 5.01 Å². The van der Waals surface area contributed by atoms with Crippen LogP contribution in [0.1, 0.15) is 34.3 Å². The standard InChI is InChI=1S/C23H25BrF3N3O/c1-16-3-2-4-21-20(16)14-29(30(21)15-23(25,26)27)13-17-9-11-28(12-10-17)22(31)18-5-7-19(24)8-6-18/h2-8,17H,9-15H2,1H3. The molecule has 0 saturated carbocycles. The van der Waals surface area contributed by atoms with Gasteiger partial charge in [0.1, 0.15) is 6.54 Å². The van der Waals surface area contributed by atoms with E-state index in [2.05, 4.69) is 15.9 Å². The molecular formula is C23H25BrF3N3O. The second-order valence-corrected chi connectivity index (χ2v) is 9.25. The van der Waals surface area contributed by atoms with Gasteiger partial charge in [0.2, 0.25) is 0 Å². The van der Waals surface area contributed by atoms with E-state index in [0.29, 0.717) is 37.4 Å². The Balaban J connectivity index is 1.40. The van der Waals surface area contributed by atoms with Crippen molar-refractivity contribution >= 4 is 27.5 Å². The zero-order valence-corrected chi connectivity index (χ0v) is 18.9. The summed E-state index contributed by atoms with van der Waals surface area (Å²) in [4.78, 5) is 14.6. The van der Waals surface area contributed by atoms with Gasteiger partial charge in [-0.3, -0.25) is 9.80 Å². The molecule has 0 aromatic heterocycles. The number of rotatable bonds is 4. The summed E-state index contributed by atoms with van der Waals surface area (Å²) >= 11 is 3.37. The number of nitrogens with zero attached hydrogens (tertiary/aromatic N) is 3. The molecule has 4 rings (SSSR count). The Morgan fingerprint density at radius 2 is 1.77 bits per heavy atom. The molecular weight excluding hydrogens is 471 g/mol. The van der Waals surface area contributed by atoms with Gasteiger partial charge in [0.05, 0.1) is 5.69 Å². The minimum absolute atomic E-state index is 0.00819. The van der Waals surface area contributed by atoms with Crippen LogP contribution in [0, 0.1) is 12.8 Å². The molecule has 8 heteroatoms. The molecule has 1 fully saturated rings. The molecule has 0 radical (unpaired) electrons. The third-order valence-electron chi connectivity index (χ3n) is 6.14. The maximum absolute atomic E-state index is 13.3. The zero-order valence-electron chi connectivity index (χ0n) is 17.3. The van der Waals surface area contributed by atoms with Gasteiger partial charge < -0.3 is 4.90 Å². The second-order valence-electron chi connectivity index (χ2n) is 8.34. The van der Waals surface area contributed by atoms with E-state index in [1.807, 2.05) is 41.1 Å². The van der Waals surface area contributed by atoms with Gasteiger partial charge >= 0.3 is 6.18 Å². The topological polar surface area (TPSA) is 26.8 Å². The lowest BCUT2D eigenvalue weighted by Crippen LogP contribution is -2.47.